The lowest BCUT2D eigenvalue weighted by Gasteiger charge is -2.05. The number of nitro groups is 1. The first-order chi connectivity index (χ1) is 9.99. The zero-order valence-electron chi connectivity index (χ0n) is 10.5. The van der Waals surface area contributed by atoms with Gasteiger partial charge in [-0.25, -0.2) is 9.78 Å². The number of nitrogens with zero attached hydrogens (tertiary/aromatic N) is 2. The van der Waals surface area contributed by atoms with Crippen molar-refractivity contribution in [2.24, 2.45) is 0 Å². The number of para-hydroxylation sites is 1. The number of pyridine rings is 1. The number of carbonyl (C=O) groups is 2. The number of rotatable bonds is 4. The van der Waals surface area contributed by atoms with Crippen molar-refractivity contribution >= 4 is 23.3 Å². The molecule has 0 aliphatic rings. The van der Waals surface area contributed by atoms with E-state index in [1.807, 2.05) is 0 Å². The second kappa shape index (κ2) is 5.78. The SMILES string of the molecule is O=C(O)c1ccc(NC(=O)c2ccccc2[N+](=O)[O-])cn1. The molecule has 1 aromatic heterocycles. The maximum absolute atomic E-state index is 12.0. The topological polar surface area (TPSA) is 122 Å². The fourth-order valence-electron chi connectivity index (χ4n) is 1.62. The molecule has 0 atom stereocenters. The highest BCUT2D eigenvalue weighted by atomic mass is 16.6. The highest BCUT2D eigenvalue weighted by Gasteiger charge is 2.19. The molecule has 8 heteroatoms. The van der Waals surface area contributed by atoms with Gasteiger partial charge in [0.05, 0.1) is 16.8 Å². The minimum absolute atomic E-state index is 0.0928. The Morgan fingerprint density at radius 1 is 1.19 bits per heavy atom. The molecule has 0 saturated heterocycles. The van der Waals surface area contributed by atoms with Gasteiger partial charge in [-0.3, -0.25) is 14.9 Å². The van der Waals surface area contributed by atoms with E-state index in [2.05, 4.69) is 10.3 Å². The molecule has 0 aliphatic carbocycles. The van der Waals surface area contributed by atoms with Gasteiger partial charge in [0.2, 0.25) is 0 Å². The molecule has 2 aromatic rings. The van der Waals surface area contributed by atoms with Crippen LogP contribution in [0, 0.1) is 10.1 Å². The summed E-state index contributed by atoms with van der Waals surface area (Å²) in [4.78, 5) is 36.5. The van der Waals surface area contributed by atoms with E-state index in [1.54, 1.807) is 0 Å². The number of amides is 1. The molecule has 106 valence electrons. The molecule has 0 aliphatic heterocycles. The van der Waals surface area contributed by atoms with Crippen LogP contribution in [0.4, 0.5) is 11.4 Å². The second-order valence-corrected chi connectivity index (χ2v) is 3.97. The van der Waals surface area contributed by atoms with Gasteiger partial charge < -0.3 is 10.4 Å². The molecular weight excluding hydrogens is 278 g/mol. The lowest BCUT2D eigenvalue weighted by atomic mass is 10.1. The summed E-state index contributed by atoms with van der Waals surface area (Å²) in [6, 6.07) is 8.08. The second-order valence-electron chi connectivity index (χ2n) is 3.97. The lowest BCUT2D eigenvalue weighted by Crippen LogP contribution is -2.14. The molecule has 2 N–H and O–H groups in total. The summed E-state index contributed by atoms with van der Waals surface area (Å²) in [7, 11) is 0. The Labute approximate surface area is 118 Å². The Kier molecular flexibility index (Phi) is 3.89. The van der Waals surface area contributed by atoms with Gasteiger partial charge in [-0.1, -0.05) is 12.1 Å². The van der Waals surface area contributed by atoms with Crippen LogP contribution in [0.25, 0.3) is 0 Å². The number of carbonyl (C=O) groups excluding carboxylic acids is 1. The molecule has 0 bridgehead atoms. The van der Waals surface area contributed by atoms with E-state index in [0.29, 0.717) is 0 Å². The van der Waals surface area contributed by atoms with Crippen molar-refractivity contribution in [2.45, 2.75) is 0 Å². The van der Waals surface area contributed by atoms with Crippen LogP contribution in [-0.2, 0) is 0 Å². The average molecular weight is 287 g/mol. The highest BCUT2D eigenvalue weighted by Crippen LogP contribution is 2.19. The molecule has 0 fully saturated rings. The van der Waals surface area contributed by atoms with Gasteiger partial charge >= 0.3 is 5.97 Å². The summed E-state index contributed by atoms with van der Waals surface area (Å²) in [6.07, 6.45) is 1.16. The van der Waals surface area contributed by atoms with Crippen molar-refractivity contribution in [1.29, 1.82) is 0 Å². The van der Waals surface area contributed by atoms with Crippen LogP contribution >= 0.6 is 0 Å². The van der Waals surface area contributed by atoms with E-state index in [9.17, 15) is 19.7 Å². The number of carboxylic acid groups (broad SMARTS) is 1. The first-order valence-electron chi connectivity index (χ1n) is 5.73. The molecule has 1 aromatic carbocycles. The summed E-state index contributed by atoms with van der Waals surface area (Å²) in [5, 5.41) is 22.0. The van der Waals surface area contributed by atoms with Crippen LogP contribution in [0.2, 0.25) is 0 Å². The Morgan fingerprint density at radius 3 is 2.48 bits per heavy atom. The monoisotopic (exact) mass is 287 g/mol. The van der Waals surface area contributed by atoms with Crippen molar-refractivity contribution in [3.8, 4) is 0 Å². The molecule has 1 heterocycles. The van der Waals surface area contributed by atoms with Crippen molar-refractivity contribution in [2.75, 3.05) is 5.32 Å². The third-order valence-electron chi connectivity index (χ3n) is 2.59. The largest absolute Gasteiger partial charge is 0.477 e. The van der Waals surface area contributed by atoms with Gasteiger partial charge in [0, 0.05) is 6.07 Å². The van der Waals surface area contributed by atoms with Gasteiger partial charge in [-0.2, -0.15) is 0 Å². The molecule has 0 unspecified atom stereocenters. The third kappa shape index (κ3) is 3.18. The first kappa shape index (κ1) is 14.1. The van der Waals surface area contributed by atoms with E-state index in [0.717, 1.165) is 6.20 Å². The normalized spacial score (nSPS) is 9.90. The predicted octanol–water partition coefficient (Wildman–Crippen LogP) is 1.94. The minimum Gasteiger partial charge on any atom is -0.477 e. The Morgan fingerprint density at radius 2 is 1.90 bits per heavy atom. The van der Waals surface area contributed by atoms with E-state index >= 15 is 0 Å². The number of anilines is 1. The molecule has 0 spiro atoms. The zero-order chi connectivity index (χ0) is 15.4. The number of aromatic carboxylic acids is 1. The fraction of sp³-hybridized carbons (Fsp3) is 0. The molecule has 0 radical (unpaired) electrons. The van der Waals surface area contributed by atoms with Gasteiger partial charge in [-0.15, -0.1) is 0 Å². The minimum atomic E-state index is -1.19. The number of benzene rings is 1. The van der Waals surface area contributed by atoms with Crippen molar-refractivity contribution in [1.82, 2.24) is 4.98 Å². The van der Waals surface area contributed by atoms with E-state index in [1.165, 1.54) is 36.4 Å². The molecule has 2 rings (SSSR count). The number of hydrogen-bond acceptors (Lipinski definition) is 5. The van der Waals surface area contributed by atoms with Crippen LogP contribution in [0.3, 0.4) is 0 Å². The molecular formula is C13H9N3O5. The molecule has 1 amide bonds. The van der Waals surface area contributed by atoms with Gasteiger partial charge in [-0.05, 0) is 18.2 Å². The standard InChI is InChI=1S/C13H9N3O5/c17-12(9-3-1-2-4-11(9)16(20)21)15-8-5-6-10(13(18)19)14-7-8/h1-7H,(H,15,17)(H,18,19). The van der Waals surface area contributed by atoms with Crippen LogP contribution in [-0.4, -0.2) is 26.9 Å². The highest BCUT2D eigenvalue weighted by molar-refractivity contribution is 6.07. The Balaban J connectivity index is 2.22. The molecule has 0 saturated carbocycles. The van der Waals surface area contributed by atoms with E-state index in [-0.39, 0.29) is 22.6 Å². The van der Waals surface area contributed by atoms with E-state index in [4.69, 9.17) is 5.11 Å². The molecule has 8 nitrogen and oxygen atoms in total. The summed E-state index contributed by atoms with van der Waals surface area (Å²) < 4.78 is 0. The summed E-state index contributed by atoms with van der Waals surface area (Å²) in [5.41, 5.74) is -0.336. The lowest BCUT2D eigenvalue weighted by molar-refractivity contribution is -0.385. The van der Waals surface area contributed by atoms with Gasteiger partial charge in [0.1, 0.15) is 11.3 Å². The van der Waals surface area contributed by atoms with Crippen LogP contribution in [0.1, 0.15) is 20.8 Å². The number of nitrogens with one attached hydrogen (secondary N) is 1. The van der Waals surface area contributed by atoms with Crippen molar-refractivity contribution in [3.63, 3.8) is 0 Å². The maximum Gasteiger partial charge on any atom is 0.354 e. The number of aromatic nitrogens is 1. The van der Waals surface area contributed by atoms with Crippen molar-refractivity contribution in [3.05, 3.63) is 64.0 Å². The quantitative estimate of drug-likeness (QED) is 0.654. The van der Waals surface area contributed by atoms with Crippen LogP contribution in [0.5, 0.6) is 0 Å². The fourth-order valence-corrected chi connectivity index (χ4v) is 1.62. The summed E-state index contributed by atoms with van der Waals surface area (Å²) in [5.74, 6) is -1.86. The van der Waals surface area contributed by atoms with Gasteiger partial charge in [0.25, 0.3) is 11.6 Å². The first-order valence-corrected chi connectivity index (χ1v) is 5.73. The average Bonchev–Trinajstić information content (AvgIpc) is 2.47. The maximum atomic E-state index is 12.0. The number of nitro benzene ring substituents is 1. The summed E-state index contributed by atoms with van der Waals surface area (Å²) in [6.45, 7) is 0. The predicted molar refractivity (Wildman–Crippen MR) is 72.2 cm³/mol. The summed E-state index contributed by atoms with van der Waals surface area (Å²) >= 11 is 0. The van der Waals surface area contributed by atoms with Crippen LogP contribution in [0.15, 0.2) is 42.6 Å². The smallest absolute Gasteiger partial charge is 0.354 e. The number of carboxylic acids is 1. The zero-order valence-corrected chi connectivity index (χ0v) is 10.5. The van der Waals surface area contributed by atoms with Gasteiger partial charge in [0.15, 0.2) is 0 Å². The van der Waals surface area contributed by atoms with E-state index < -0.39 is 16.8 Å². The van der Waals surface area contributed by atoms with Crippen LogP contribution < -0.4 is 5.32 Å². The number of hydrogen-bond donors (Lipinski definition) is 2. The van der Waals surface area contributed by atoms with Crippen molar-refractivity contribution < 1.29 is 19.6 Å². The Hall–Kier alpha value is -3.29. The molecule has 21 heavy (non-hydrogen) atoms. The third-order valence-corrected chi connectivity index (χ3v) is 2.59. The Bertz CT molecular complexity index is 712.